The lowest BCUT2D eigenvalue weighted by Crippen LogP contribution is -2.32. The van der Waals surface area contributed by atoms with Crippen LogP contribution in [-0.4, -0.2) is 6.16 Å². The summed E-state index contributed by atoms with van der Waals surface area (Å²) in [5.41, 5.74) is 11.9. The summed E-state index contributed by atoms with van der Waals surface area (Å²) in [4.78, 5) is 0. The minimum atomic E-state index is -2.01. The second-order valence-corrected chi connectivity index (χ2v) is 15.8. The second-order valence-electron chi connectivity index (χ2n) is 12.6. The average Bonchev–Trinajstić information content (AvgIpc) is 3.03. The normalized spacial score (nSPS) is 11.7. The molecule has 3 rings (SSSR count). The smallest absolute Gasteiger partial charge is 0.143 e. The van der Waals surface area contributed by atoms with Gasteiger partial charge in [0.25, 0.3) is 0 Å². The van der Waals surface area contributed by atoms with Gasteiger partial charge in [0, 0.05) is 6.42 Å². The first-order valence-electron chi connectivity index (χ1n) is 17.5. The fraction of sp³-hybridized carbons (Fsp3) is 0.550. The summed E-state index contributed by atoms with van der Waals surface area (Å²) in [6.45, 7) is 4.59. The minimum absolute atomic E-state index is 1.01. The van der Waals surface area contributed by atoms with E-state index in [1.807, 2.05) is 0 Å². The summed E-state index contributed by atoms with van der Waals surface area (Å²) < 4.78 is 0. The summed E-state index contributed by atoms with van der Waals surface area (Å²) in [7, 11) is -2.01. The zero-order chi connectivity index (χ0) is 29.7. The lowest BCUT2D eigenvalue weighted by Gasteiger charge is -2.23. The maximum Gasteiger partial charge on any atom is 0.143 e. The number of unbranched alkanes of at least 4 members (excludes halogenated alkanes) is 14. The second kappa shape index (κ2) is 20.9. The van der Waals surface area contributed by atoms with Gasteiger partial charge in [0.05, 0.1) is 6.16 Å². The van der Waals surface area contributed by atoms with Crippen molar-refractivity contribution in [2.24, 2.45) is 5.50 Å². The molecule has 230 valence electrons. The van der Waals surface area contributed by atoms with Gasteiger partial charge in [-0.15, -0.1) is 0 Å². The van der Waals surface area contributed by atoms with Gasteiger partial charge in [0.2, 0.25) is 0 Å². The number of hydrogen-bond acceptors (Lipinski definition) is 1. The molecule has 0 atom stereocenters. The van der Waals surface area contributed by atoms with Crippen LogP contribution in [0.5, 0.6) is 0 Å². The Morgan fingerprint density at radius 1 is 0.429 bits per heavy atom. The molecule has 0 heterocycles. The van der Waals surface area contributed by atoms with E-state index in [4.69, 9.17) is 5.50 Å². The van der Waals surface area contributed by atoms with E-state index < -0.39 is 7.41 Å². The van der Waals surface area contributed by atoms with Gasteiger partial charge in [-0.1, -0.05) is 158 Å². The molecule has 0 saturated carbocycles. The standard InChI is InChI=1S/C40H61NP/c1-3-5-7-9-11-13-15-18-26-37-28-22-30-39(34-37)42(41,33-32-36-24-20-17-21-25-36)40-31-23-29-38(35-40)27-19-16-14-12-10-8-6-4-2/h17,20-25,28-31,34-35H,3-16,18-19,26-27,32-33,41H2,1-2H3/q+1. The van der Waals surface area contributed by atoms with E-state index in [1.54, 1.807) is 0 Å². The highest BCUT2D eigenvalue weighted by molar-refractivity contribution is 7.87. The summed E-state index contributed by atoms with van der Waals surface area (Å²) in [5, 5.41) is 2.75. The van der Waals surface area contributed by atoms with Crippen LogP contribution in [0.25, 0.3) is 0 Å². The largest absolute Gasteiger partial charge is 0.196 e. The third kappa shape index (κ3) is 12.7. The molecule has 0 bridgehead atoms. The van der Waals surface area contributed by atoms with Crippen molar-refractivity contribution >= 4 is 18.0 Å². The predicted octanol–water partition coefficient (Wildman–Crippen LogP) is 11.1. The number of benzene rings is 3. The first-order chi connectivity index (χ1) is 20.7. The lowest BCUT2D eigenvalue weighted by atomic mass is 10.0. The van der Waals surface area contributed by atoms with Crippen molar-refractivity contribution in [1.82, 2.24) is 0 Å². The Morgan fingerprint density at radius 2 is 0.833 bits per heavy atom. The topological polar surface area (TPSA) is 26.0 Å². The molecule has 0 spiro atoms. The fourth-order valence-corrected chi connectivity index (χ4v) is 9.13. The van der Waals surface area contributed by atoms with Crippen LogP contribution in [-0.2, 0) is 19.3 Å². The van der Waals surface area contributed by atoms with Crippen molar-refractivity contribution in [1.29, 1.82) is 0 Å². The van der Waals surface area contributed by atoms with Crippen LogP contribution in [0.2, 0.25) is 0 Å². The number of nitrogens with two attached hydrogens (primary N) is 1. The van der Waals surface area contributed by atoms with E-state index >= 15 is 0 Å². The Hall–Kier alpha value is -1.95. The zero-order valence-corrected chi connectivity index (χ0v) is 28.1. The summed E-state index contributed by atoms with van der Waals surface area (Å²) in [5.74, 6) is 0. The Morgan fingerprint density at radius 3 is 1.29 bits per heavy atom. The number of rotatable bonds is 23. The molecule has 0 aliphatic rings. The Labute approximate surface area is 260 Å². The predicted molar refractivity (Wildman–Crippen MR) is 191 cm³/mol. The molecule has 0 aliphatic carbocycles. The molecule has 0 unspecified atom stereocenters. The molecule has 0 radical (unpaired) electrons. The van der Waals surface area contributed by atoms with Crippen LogP contribution in [0.15, 0.2) is 78.9 Å². The fourth-order valence-electron chi connectivity index (χ4n) is 6.20. The van der Waals surface area contributed by atoms with E-state index in [1.165, 1.54) is 143 Å². The minimum Gasteiger partial charge on any atom is -0.196 e. The van der Waals surface area contributed by atoms with Crippen molar-refractivity contribution in [2.45, 2.75) is 136 Å². The number of hydrogen-bond donors (Lipinski definition) is 1. The molecule has 2 heteroatoms. The molecule has 0 aromatic heterocycles. The van der Waals surface area contributed by atoms with Crippen LogP contribution in [0.3, 0.4) is 0 Å². The van der Waals surface area contributed by atoms with Crippen molar-refractivity contribution in [3.05, 3.63) is 95.6 Å². The van der Waals surface area contributed by atoms with Crippen molar-refractivity contribution < 1.29 is 0 Å². The molecule has 0 fully saturated rings. The van der Waals surface area contributed by atoms with Crippen molar-refractivity contribution in [3.8, 4) is 0 Å². The van der Waals surface area contributed by atoms with E-state index in [0.29, 0.717) is 0 Å². The molecule has 0 saturated heterocycles. The Kier molecular flexibility index (Phi) is 17.2. The van der Waals surface area contributed by atoms with Gasteiger partial charge in [-0.3, -0.25) is 0 Å². The SMILES string of the molecule is CCCCCCCCCCc1cccc([P+](N)(CCc2ccccc2)c2cccc(CCCCCCCCCC)c2)c1. The lowest BCUT2D eigenvalue weighted by molar-refractivity contribution is 0.575. The highest BCUT2D eigenvalue weighted by Crippen LogP contribution is 2.49. The summed E-state index contributed by atoms with van der Waals surface area (Å²) in [6.07, 6.45) is 26.2. The van der Waals surface area contributed by atoms with Gasteiger partial charge < -0.3 is 0 Å². The molecule has 42 heavy (non-hydrogen) atoms. The maximum absolute atomic E-state index is 7.61. The third-order valence-electron chi connectivity index (χ3n) is 8.98. The van der Waals surface area contributed by atoms with Gasteiger partial charge in [-0.05, 0) is 66.6 Å². The van der Waals surface area contributed by atoms with Gasteiger partial charge in [0.1, 0.15) is 18.0 Å². The van der Waals surface area contributed by atoms with Crippen LogP contribution < -0.4 is 16.1 Å². The van der Waals surface area contributed by atoms with E-state index in [2.05, 4.69) is 92.7 Å². The molecule has 3 aromatic rings. The molecule has 0 amide bonds. The first-order valence-corrected chi connectivity index (χ1v) is 19.6. The number of aryl methyl sites for hydroxylation is 3. The van der Waals surface area contributed by atoms with Crippen LogP contribution in [0, 0.1) is 0 Å². The maximum atomic E-state index is 7.61. The summed E-state index contributed by atoms with van der Waals surface area (Å²) >= 11 is 0. The van der Waals surface area contributed by atoms with Gasteiger partial charge in [0.15, 0.2) is 0 Å². The van der Waals surface area contributed by atoms with Gasteiger partial charge >= 0.3 is 0 Å². The highest BCUT2D eigenvalue weighted by Gasteiger charge is 2.39. The average molecular weight is 587 g/mol. The molecular weight excluding hydrogens is 525 g/mol. The first kappa shape index (κ1) is 34.5. The van der Waals surface area contributed by atoms with Crippen LogP contribution in [0.1, 0.15) is 133 Å². The van der Waals surface area contributed by atoms with Gasteiger partial charge in [-0.2, -0.15) is 5.50 Å². The quantitative estimate of drug-likeness (QED) is 0.0868. The Balaban J connectivity index is 1.65. The zero-order valence-electron chi connectivity index (χ0n) is 27.2. The third-order valence-corrected chi connectivity index (χ3v) is 12.3. The van der Waals surface area contributed by atoms with Crippen LogP contribution >= 0.6 is 7.41 Å². The van der Waals surface area contributed by atoms with Crippen molar-refractivity contribution in [3.63, 3.8) is 0 Å². The van der Waals surface area contributed by atoms with E-state index in [0.717, 1.165) is 12.6 Å². The molecule has 3 aromatic carbocycles. The van der Waals surface area contributed by atoms with E-state index in [9.17, 15) is 0 Å². The van der Waals surface area contributed by atoms with Crippen LogP contribution in [0.4, 0.5) is 0 Å². The Bertz CT molecular complexity index is 1030. The monoisotopic (exact) mass is 586 g/mol. The van der Waals surface area contributed by atoms with Crippen molar-refractivity contribution in [2.75, 3.05) is 6.16 Å². The molecular formula is C40H61NP+. The van der Waals surface area contributed by atoms with E-state index in [-0.39, 0.29) is 0 Å². The molecule has 2 N–H and O–H groups in total. The van der Waals surface area contributed by atoms with Gasteiger partial charge in [-0.25, -0.2) is 0 Å². The molecule has 1 nitrogen and oxygen atoms in total. The summed E-state index contributed by atoms with van der Waals surface area (Å²) in [6, 6.07) is 29.7. The highest BCUT2D eigenvalue weighted by atomic mass is 31.2. The molecule has 0 aliphatic heterocycles.